The van der Waals surface area contributed by atoms with Crippen LogP contribution in [0.15, 0.2) is 12.1 Å². The summed E-state index contributed by atoms with van der Waals surface area (Å²) < 4.78 is 40.0. The van der Waals surface area contributed by atoms with Crippen LogP contribution in [0.4, 0.5) is 19.0 Å². The van der Waals surface area contributed by atoms with Crippen molar-refractivity contribution in [3.63, 3.8) is 0 Å². The van der Waals surface area contributed by atoms with Crippen LogP contribution in [0.5, 0.6) is 0 Å². The Bertz CT molecular complexity index is 1230. The molecule has 180 valence electrons. The van der Waals surface area contributed by atoms with E-state index in [1.165, 1.54) is 6.07 Å². The lowest BCUT2D eigenvalue weighted by Crippen LogP contribution is -2.47. The van der Waals surface area contributed by atoms with Crippen molar-refractivity contribution in [2.45, 2.75) is 44.7 Å². The number of halogens is 3. The van der Waals surface area contributed by atoms with E-state index in [1.54, 1.807) is 11.0 Å². The maximum atomic E-state index is 13.1. The van der Waals surface area contributed by atoms with E-state index in [2.05, 4.69) is 36.3 Å². The van der Waals surface area contributed by atoms with E-state index in [9.17, 15) is 22.8 Å². The summed E-state index contributed by atoms with van der Waals surface area (Å²) in [5.74, 6) is -1.98. The van der Waals surface area contributed by atoms with Crippen LogP contribution in [0, 0.1) is 5.92 Å². The van der Waals surface area contributed by atoms with Crippen molar-refractivity contribution in [1.29, 1.82) is 0 Å². The number of aryl methyl sites for hydroxylation is 1. The first-order valence-corrected chi connectivity index (χ1v) is 11.0. The van der Waals surface area contributed by atoms with Crippen LogP contribution in [-0.2, 0) is 23.8 Å². The lowest BCUT2D eigenvalue weighted by atomic mass is 9.95. The van der Waals surface area contributed by atoms with Crippen LogP contribution < -0.4 is 15.8 Å². The summed E-state index contributed by atoms with van der Waals surface area (Å²) in [5.41, 5.74) is 7.09. The molecule has 3 aromatic heterocycles. The third-order valence-corrected chi connectivity index (χ3v) is 6.26. The number of aromatic amines is 1. The molecule has 0 aromatic carbocycles. The van der Waals surface area contributed by atoms with Gasteiger partial charge in [-0.25, -0.2) is 0 Å². The van der Waals surface area contributed by atoms with Crippen LogP contribution >= 0.6 is 0 Å². The first-order valence-electron chi connectivity index (χ1n) is 11.0. The molecular weight excluding hydrogens is 455 g/mol. The Morgan fingerprint density at radius 3 is 2.59 bits per heavy atom. The Morgan fingerprint density at radius 1 is 1.06 bits per heavy atom. The largest absolute Gasteiger partial charge is 0.453 e. The minimum atomic E-state index is -4.67. The Balaban J connectivity index is 1.17. The standard InChI is InChI=1S/C20H22F3N9O2/c21-20(22,23)19-29-25-14-5-6-15(30-32(14)19)31-9-7-11(8-10-31)17(33)27-28-18(34)16-12-3-1-2-4-13(12)24-26-16/h5-6,11H,1-4,7-10H2,(H,24,26)(H,27,33)(H,28,34). The van der Waals surface area contributed by atoms with E-state index in [4.69, 9.17) is 0 Å². The Morgan fingerprint density at radius 2 is 1.82 bits per heavy atom. The van der Waals surface area contributed by atoms with E-state index < -0.39 is 17.9 Å². The summed E-state index contributed by atoms with van der Waals surface area (Å²) in [4.78, 5) is 26.8. The summed E-state index contributed by atoms with van der Waals surface area (Å²) in [5, 5.41) is 17.7. The van der Waals surface area contributed by atoms with Crippen LogP contribution in [-0.4, -0.2) is 54.9 Å². The van der Waals surface area contributed by atoms with Gasteiger partial charge < -0.3 is 4.90 Å². The van der Waals surface area contributed by atoms with E-state index in [0.29, 0.717) is 42.0 Å². The molecule has 2 aliphatic rings. The van der Waals surface area contributed by atoms with E-state index in [0.717, 1.165) is 36.9 Å². The third-order valence-electron chi connectivity index (χ3n) is 6.26. The number of aromatic nitrogens is 6. The number of alkyl halides is 3. The van der Waals surface area contributed by atoms with Gasteiger partial charge in [0.2, 0.25) is 5.91 Å². The molecule has 5 rings (SSSR count). The maximum absolute atomic E-state index is 13.1. The highest BCUT2D eigenvalue weighted by Gasteiger charge is 2.38. The van der Waals surface area contributed by atoms with Gasteiger partial charge in [-0.3, -0.25) is 25.5 Å². The van der Waals surface area contributed by atoms with Crippen molar-refractivity contribution in [2.75, 3.05) is 18.0 Å². The van der Waals surface area contributed by atoms with Crippen molar-refractivity contribution in [2.24, 2.45) is 5.92 Å². The van der Waals surface area contributed by atoms with E-state index in [1.807, 2.05) is 0 Å². The van der Waals surface area contributed by atoms with Gasteiger partial charge >= 0.3 is 6.18 Å². The molecule has 0 unspecified atom stereocenters. The zero-order valence-electron chi connectivity index (χ0n) is 18.0. The highest BCUT2D eigenvalue weighted by molar-refractivity contribution is 5.95. The number of piperidine rings is 1. The number of carbonyl (C=O) groups is 2. The molecule has 0 spiro atoms. The van der Waals surface area contributed by atoms with E-state index in [-0.39, 0.29) is 17.5 Å². The van der Waals surface area contributed by atoms with Gasteiger partial charge in [-0.1, -0.05) is 0 Å². The Labute approximate surface area is 191 Å². The van der Waals surface area contributed by atoms with Crippen molar-refractivity contribution >= 4 is 23.3 Å². The molecule has 2 amide bonds. The van der Waals surface area contributed by atoms with Crippen LogP contribution in [0.25, 0.3) is 5.65 Å². The highest BCUT2D eigenvalue weighted by Crippen LogP contribution is 2.29. The molecule has 0 saturated carbocycles. The molecule has 11 nitrogen and oxygen atoms in total. The van der Waals surface area contributed by atoms with Crippen molar-refractivity contribution < 1.29 is 22.8 Å². The molecule has 3 aromatic rings. The number of hydrogen-bond acceptors (Lipinski definition) is 7. The van der Waals surface area contributed by atoms with Crippen LogP contribution in [0.2, 0.25) is 0 Å². The molecule has 1 fully saturated rings. The van der Waals surface area contributed by atoms with Crippen LogP contribution in [0.1, 0.15) is 53.3 Å². The zero-order chi connectivity index (χ0) is 23.9. The lowest BCUT2D eigenvalue weighted by molar-refractivity contribution is -0.146. The van der Waals surface area contributed by atoms with Gasteiger partial charge in [0.05, 0.1) is 0 Å². The number of hydrogen-bond donors (Lipinski definition) is 3. The first kappa shape index (κ1) is 22.1. The molecule has 34 heavy (non-hydrogen) atoms. The predicted molar refractivity (Wildman–Crippen MR) is 112 cm³/mol. The molecule has 1 aliphatic heterocycles. The quantitative estimate of drug-likeness (QED) is 0.486. The number of nitrogens with one attached hydrogen (secondary N) is 3. The number of fused-ring (bicyclic) bond motifs is 2. The molecule has 0 radical (unpaired) electrons. The fourth-order valence-electron chi connectivity index (χ4n) is 4.44. The van der Waals surface area contributed by atoms with Gasteiger partial charge in [0, 0.05) is 30.3 Å². The first-order chi connectivity index (χ1) is 16.3. The van der Waals surface area contributed by atoms with Crippen LogP contribution in [0.3, 0.4) is 0 Å². The van der Waals surface area contributed by atoms with Gasteiger partial charge in [-0.15, -0.1) is 15.3 Å². The second-order valence-electron chi connectivity index (χ2n) is 8.42. The Hall–Kier alpha value is -3.71. The van der Waals surface area contributed by atoms with Gasteiger partial charge in [-0.2, -0.15) is 22.8 Å². The molecule has 14 heteroatoms. The van der Waals surface area contributed by atoms with E-state index >= 15 is 0 Å². The summed E-state index contributed by atoms with van der Waals surface area (Å²) in [7, 11) is 0. The number of carbonyl (C=O) groups excluding carboxylic acids is 2. The summed E-state index contributed by atoms with van der Waals surface area (Å²) in [6.45, 7) is 0.835. The lowest BCUT2D eigenvalue weighted by Gasteiger charge is -2.32. The van der Waals surface area contributed by atoms with Crippen molar-refractivity contribution in [3.05, 3.63) is 34.9 Å². The molecule has 3 N–H and O–H groups in total. The number of H-pyrrole nitrogens is 1. The topological polar surface area (TPSA) is 133 Å². The number of anilines is 1. The van der Waals surface area contributed by atoms with Gasteiger partial charge in [0.15, 0.2) is 11.3 Å². The number of rotatable bonds is 3. The molecular formula is C20H22F3N9O2. The Kier molecular flexibility index (Phi) is 5.57. The molecule has 0 bridgehead atoms. The normalized spacial score (nSPS) is 17.0. The fourth-order valence-corrected chi connectivity index (χ4v) is 4.44. The molecule has 1 aliphatic carbocycles. The molecule has 0 atom stereocenters. The maximum Gasteiger partial charge on any atom is 0.453 e. The van der Waals surface area contributed by atoms with Gasteiger partial charge in [-0.05, 0) is 50.7 Å². The smallest absolute Gasteiger partial charge is 0.355 e. The second-order valence-corrected chi connectivity index (χ2v) is 8.42. The minimum absolute atomic E-state index is 0.000687. The zero-order valence-corrected chi connectivity index (χ0v) is 18.0. The SMILES string of the molecule is O=C(NNC(=O)C1CCN(c2ccc3nnc(C(F)(F)F)n3n2)CC1)c1n[nH]c2c1CCCC2. The second kappa shape index (κ2) is 8.57. The number of nitrogens with zero attached hydrogens (tertiary/aromatic N) is 6. The summed E-state index contributed by atoms with van der Waals surface area (Å²) >= 11 is 0. The minimum Gasteiger partial charge on any atom is -0.355 e. The van der Waals surface area contributed by atoms with Crippen molar-refractivity contribution in [1.82, 2.24) is 40.9 Å². The third kappa shape index (κ3) is 4.15. The van der Waals surface area contributed by atoms with Gasteiger partial charge in [0.25, 0.3) is 11.7 Å². The summed E-state index contributed by atoms with van der Waals surface area (Å²) in [6, 6.07) is 3.00. The van der Waals surface area contributed by atoms with Crippen molar-refractivity contribution in [3.8, 4) is 0 Å². The summed E-state index contributed by atoms with van der Waals surface area (Å²) in [6.07, 6.45) is -0.0827. The fraction of sp³-hybridized carbons (Fsp3) is 0.500. The number of hydrazine groups is 1. The predicted octanol–water partition coefficient (Wildman–Crippen LogP) is 1.42. The molecule has 4 heterocycles. The molecule has 1 saturated heterocycles. The monoisotopic (exact) mass is 477 g/mol. The highest BCUT2D eigenvalue weighted by atomic mass is 19.4. The van der Waals surface area contributed by atoms with Gasteiger partial charge in [0.1, 0.15) is 5.82 Å². The average molecular weight is 477 g/mol. The average Bonchev–Trinajstić information content (AvgIpc) is 3.46. The number of amides is 2.